The third-order valence-corrected chi connectivity index (χ3v) is 14.5. The van der Waals surface area contributed by atoms with Crippen LogP contribution in [0.25, 0.3) is 32.8 Å². The summed E-state index contributed by atoms with van der Waals surface area (Å²) < 4.78 is 16.1. The quantitative estimate of drug-likeness (QED) is 0.0356. The first kappa shape index (κ1) is 54.7. The number of Topliss-reactive ketones (excluding diaryl/α,β-unsaturated/α-hetero) is 2. The van der Waals surface area contributed by atoms with E-state index in [-0.39, 0.29) is 93.4 Å². The van der Waals surface area contributed by atoms with Crippen molar-refractivity contribution in [2.75, 3.05) is 13.2 Å². The third kappa shape index (κ3) is 10.4. The maximum Gasteiger partial charge on any atom is 0.329 e. The minimum absolute atomic E-state index is 0.0406. The summed E-state index contributed by atoms with van der Waals surface area (Å²) in [4.78, 5) is 133. The van der Waals surface area contributed by atoms with Crippen molar-refractivity contribution in [2.24, 2.45) is 0 Å². The van der Waals surface area contributed by atoms with Crippen LogP contribution in [0.5, 0.6) is 0 Å². The van der Waals surface area contributed by atoms with Crippen LogP contribution in [0.15, 0.2) is 152 Å². The topological polar surface area (TPSA) is 328 Å². The van der Waals surface area contributed by atoms with E-state index in [0.29, 0.717) is 66.8 Å². The van der Waals surface area contributed by atoms with E-state index in [9.17, 15) is 58.2 Å². The SMILES string of the molecule is Cc1c(C2C=CC(OCC(=O)CCCCC(=O)COC3=CC(=N)C(c4c(C)c(C(=O)c5ccc6[nH]c(=O)n(CC(=O)O)c(=O)c6c5)n5ccccc45)C=C3)=CC2=N)c2ccccn2c1C(=O)c1ccc2[nH]c(=O)n(CC(=O)O)c(=O)c2c1. The number of aliphatic carboxylic acids is 2. The fourth-order valence-corrected chi connectivity index (χ4v) is 10.6. The number of aromatic nitrogens is 6. The van der Waals surface area contributed by atoms with Gasteiger partial charge in [-0.15, -0.1) is 0 Å². The molecule has 0 spiro atoms. The Kier molecular flexibility index (Phi) is 14.8. The Morgan fingerprint density at radius 1 is 0.573 bits per heavy atom. The molecule has 2 aromatic carbocycles. The molecular weight excluding hydrogens is 1060 g/mol. The molecule has 10 rings (SSSR count). The molecule has 82 heavy (non-hydrogen) atoms. The average molecular weight is 1110 g/mol. The van der Waals surface area contributed by atoms with Crippen molar-refractivity contribution in [2.45, 2.75) is 64.5 Å². The maximum absolute atomic E-state index is 14.3. The molecule has 6 N–H and O–H groups in total. The lowest BCUT2D eigenvalue weighted by molar-refractivity contribution is -0.138. The molecule has 6 aromatic heterocycles. The van der Waals surface area contributed by atoms with Crippen LogP contribution < -0.4 is 22.5 Å². The van der Waals surface area contributed by atoms with Crippen LogP contribution >= 0.6 is 0 Å². The fraction of sp³-hybridized carbons (Fsp3) is 0.200. The molecular formula is C60H50N8O14. The molecule has 0 radical (unpaired) electrons. The Morgan fingerprint density at radius 3 is 1.35 bits per heavy atom. The van der Waals surface area contributed by atoms with Crippen LogP contribution in [-0.2, 0) is 41.7 Å². The molecule has 8 aromatic rings. The second-order valence-corrected chi connectivity index (χ2v) is 19.8. The highest BCUT2D eigenvalue weighted by molar-refractivity contribution is 6.14. The van der Waals surface area contributed by atoms with Gasteiger partial charge in [-0.25, -0.2) is 18.7 Å². The number of carboxylic acid groups (broad SMARTS) is 2. The number of pyridine rings is 2. The number of carbonyl (C=O) groups is 6. The molecule has 2 aliphatic carbocycles. The van der Waals surface area contributed by atoms with Crippen LogP contribution in [0.2, 0.25) is 0 Å². The number of nitrogens with zero attached hydrogens (tertiary/aromatic N) is 4. The van der Waals surface area contributed by atoms with Crippen molar-refractivity contribution >= 4 is 79.3 Å². The molecule has 0 aliphatic heterocycles. The van der Waals surface area contributed by atoms with Gasteiger partial charge in [0.1, 0.15) is 37.8 Å². The Labute approximate surface area is 462 Å². The summed E-state index contributed by atoms with van der Waals surface area (Å²) in [6.07, 6.45) is 14.3. The van der Waals surface area contributed by atoms with Crippen LogP contribution in [0.3, 0.4) is 0 Å². The van der Waals surface area contributed by atoms with E-state index in [1.54, 1.807) is 83.6 Å². The van der Waals surface area contributed by atoms with Gasteiger partial charge in [0.2, 0.25) is 11.6 Å². The van der Waals surface area contributed by atoms with E-state index in [1.165, 1.54) is 48.6 Å². The second kappa shape index (κ2) is 22.2. The lowest BCUT2D eigenvalue weighted by atomic mass is 9.87. The van der Waals surface area contributed by atoms with Crippen LogP contribution in [0.1, 0.15) is 91.9 Å². The summed E-state index contributed by atoms with van der Waals surface area (Å²) >= 11 is 0. The number of benzene rings is 2. The zero-order valence-corrected chi connectivity index (χ0v) is 43.9. The minimum atomic E-state index is -1.39. The first-order valence-corrected chi connectivity index (χ1v) is 25.8. The molecule has 0 bridgehead atoms. The number of carbonyl (C=O) groups excluding carboxylic acids is 4. The number of H-pyrrole nitrogens is 2. The van der Waals surface area contributed by atoms with Gasteiger partial charge in [0.25, 0.3) is 11.1 Å². The minimum Gasteiger partial charge on any atom is -0.486 e. The number of unbranched alkanes of at least 4 members (excludes halogenated alkanes) is 1. The molecule has 0 fully saturated rings. The summed E-state index contributed by atoms with van der Waals surface area (Å²) in [6.45, 7) is 1.27. The van der Waals surface area contributed by atoms with E-state index in [0.717, 1.165) is 0 Å². The summed E-state index contributed by atoms with van der Waals surface area (Å²) in [5.74, 6) is -4.72. The molecule has 0 saturated heterocycles. The number of ketones is 4. The maximum atomic E-state index is 14.3. The van der Waals surface area contributed by atoms with E-state index in [1.807, 2.05) is 12.1 Å². The van der Waals surface area contributed by atoms with Crippen molar-refractivity contribution in [1.82, 2.24) is 27.9 Å². The zero-order chi connectivity index (χ0) is 58.3. The molecule has 0 saturated carbocycles. The van der Waals surface area contributed by atoms with Gasteiger partial charge in [-0.2, -0.15) is 0 Å². The van der Waals surface area contributed by atoms with Gasteiger partial charge in [-0.3, -0.25) is 38.4 Å². The molecule has 22 heteroatoms. The van der Waals surface area contributed by atoms with Crippen molar-refractivity contribution < 1.29 is 48.5 Å². The van der Waals surface area contributed by atoms with Gasteiger partial charge < -0.3 is 49.3 Å². The lowest BCUT2D eigenvalue weighted by Gasteiger charge is -2.19. The number of rotatable bonds is 21. The van der Waals surface area contributed by atoms with Gasteiger partial charge in [0.15, 0.2) is 11.6 Å². The first-order valence-electron chi connectivity index (χ1n) is 25.8. The highest BCUT2D eigenvalue weighted by atomic mass is 16.5. The Balaban J connectivity index is 0.712. The predicted molar refractivity (Wildman–Crippen MR) is 300 cm³/mol. The standard InChI is InChI=1S/C60H50N8O14/c1-31-51(47-11-5-7-21-65(47)53(31)55(75)33-13-19-45-41(23-33)57(77)67(27-49(71)72)59(79)63-45)39-17-15-37(25-43(39)61)81-29-35(69)9-3-4-10-36(70)30-82-38-16-18-40(44(62)26-38)52-32(2)54(66-22-8-6-12-48(52)66)56(76)34-14-20-46-42(24-34)58(78)68(28-50(73)74)60(80)64-46/h5-8,11-26,39-40,61-62H,3-4,9-10,27-30H2,1-2H3,(H,63,79)(H,64,80)(H,71,72)(H,73,74). The van der Waals surface area contributed by atoms with Crippen molar-refractivity contribution in [1.29, 1.82) is 10.8 Å². The van der Waals surface area contributed by atoms with Crippen molar-refractivity contribution in [3.8, 4) is 0 Å². The van der Waals surface area contributed by atoms with Gasteiger partial charge >= 0.3 is 23.3 Å². The molecule has 22 nitrogen and oxygen atoms in total. The largest absolute Gasteiger partial charge is 0.486 e. The molecule has 2 atom stereocenters. The van der Waals surface area contributed by atoms with E-state index >= 15 is 0 Å². The normalized spacial score (nSPS) is 15.0. The third-order valence-electron chi connectivity index (χ3n) is 14.5. The van der Waals surface area contributed by atoms with E-state index < -0.39 is 70.9 Å². The summed E-state index contributed by atoms with van der Waals surface area (Å²) in [6, 6.07) is 19.1. The predicted octanol–water partition coefficient (Wildman–Crippen LogP) is 5.99. The lowest BCUT2D eigenvalue weighted by Crippen LogP contribution is -2.37. The number of hydrogen-bond acceptors (Lipinski definition) is 14. The zero-order valence-electron chi connectivity index (χ0n) is 43.9. The first-order chi connectivity index (χ1) is 39.3. The van der Waals surface area contributed by atoms with Crippen LogP contribution in [0.4, 0.5) is 0 Å². The van der Waals surface area contributed by atoms with E-state index in [4.69, 9.17) is 20.3 Å². The van der Waals surface area contributed by atoms with Crippen LogP contribution in [0, 0.1) is 24.7 Å². The Morgan fingerprint density at radius 2 is 0.976 bits per heavy atom. The molecule has 2 unspecified atom stereocenters. The second-order valence-electron chi connectivity index (χ2n) is 19.8. The van der Waals surface area contributed by atoms with Gasteiger partial charge in [0, 0.05) is 71.8 Å². The fourth-order valence-electron chi connectivity index (χ4n) is 10.6. The number of fused-ring (bicyclic) bond motifs is 4. The molecule has 0 amide bonds. The van der Waals surface area contributed by atoms with E-state index in [2.05, 4.69) is 9.97 Å². The Hall–Kier alpha value is -10.6. The number of hydrogen-bond donors (Lipinski definition) is 6. The number of carboxylic acids is 2. The van der Waals surface area contributed by atoms with Gasteiger partial charge in [-0.1, -0.05) is 24.3 Å². The number of allylic oxidation sites excluding steroid dienone is 6. The van der Waals surface area contributed by atoms with Gasteiger partial charge in [0.05, 0.1) is 44.2 Å². The van der Waals surface area contributed by atoms with Gasteiger partial charge in [-0.05, 0) is 122 Å². The summed E-state index contributed by atoms with van der Waals surface area (Å²) in [5.41, 5.74) is 1.64. The molecule has 414 valence electrons. The molecule has 6 heterocycles. The number of aromatic amines is 2. The van der Waals surface area contributed by atoms with Crippen LogP contribution in [-0.4, -0.2) is 97.8 Å². The number of ether oxygens (including phenoxy) is 2. The van der Waals surface area contributed by atoms with Crippen molar-refractivity contribution in [3.05, 3.63) is 220 Å². The number of nitrogens with one attached hydrogen (secondary N) is 4. The average Bonchev–Trinajstić information content (AvgIpc) is 3.52. The highest BCUT2D eigenvalue weighted by Gasteiger charge is 2.31. The van der Waals surface area contributed by atoms with Crippen molar-refractivity contribution in [3.63, 3.8) is 0 Å². The smallest absolute Gasteiger partial charge is 0.329 e. The molecule has 2 aliphatic rings. The highest BCUT2D eigenvalue weighted by Crippen LogP contribution is 2.37. The summed E-state index contributed by atoms with van der Waals surface area (Å²) in [5, 5.41) is 36.4. The monoisotopic (exact) mass is 1110 g/mol. The Bertz CT molecular complexity index is 4230. The summed E-state index contributed by atoms with van der Waals surface area (Å²) in [7, 11) is 0.